The summed E-state index contributed by atoms with van der Waals surface area (Å²) in [6, 6.07) is 6.53. The minimum atomic E-state index is 0. The zero-order valence-electron chi connectivity index (χ0n) is 11.5. The van der Waals surface area contributed by atoms with E-state index in [-0.39, 0.29) is 18.5 Å². The van der Waals surface area contributed by atoms with Crippen molar-refractivity contribution in [2.24, 2.45) is 0 Å². The second-order valence-corrected chi connectivity index (χ2v) is 5.65. The van der Waals surface area contributed by atoms with Crippen molar-refractivity contribution in [1.29, 1.82) is 0 Å². The number of rotatable bonds is 3. The predicted molar refractivity (Wildman–Crippen MR) is 85.7 cm³/mol. The lowest BCUT2D eigenvalue weighted by Gasteiger charge is -2.19. The van der Waals surface area contributed by atoms with Gasteiger partial charge in [0, 0.05) is 19.3 Å². The number of thiazole rings is 1. The van der Waals surface area contributed by atoms with Crippen LogP contribution in [0, 0.1) is 0 Å². The summed E-state index contributed by atoms with van der Waals surface area (Å²) in [5.74, 6) is 0. The Bertz CT molecular complexity index is 545. The molecular weight excluding hydrogens is 292 g/mol. The van der Waals surface area contributed by atoms with Crippen LogP contribution in [-0.4, -0.2) is 25.2 Å². The molecule has 5 heteroatoms. The first kappa shape index (κ1) is 15.4. The minimum Gasteiger partial charge on any atom is -0.372 e. The summed E-state index contributed by atoms with van der Waals surface area (Å²) in [4.78, 5) is 5.45. The second-order valence-electron chi connectivity index (χ2n) is 4.76. The molecule has 20 heavy (non-hydrogen) atoms. The molecule has 0 amide bonds. The molecule has 0 saturated carbocycles. The molecule has 3 rings (SSSR count). The molecule has 1 N–H and O–H groups in total. The van der Waals surface area contributed by atoms with Crippen LogP contribution in [0.3, 0.4) is 0 Å². The average Bonchev–Trinajstić information content (AvgIpc) is 2.89. The van der Waals surface area contributed by atoms with Crippen LogP contribution in [-0.2, 0) is 11.2 Å². The quantitative estimate of drug-likeness (QED) is 0.943. The van der Waals surface area contributed by atoms with E-state index in [1.165, 1.54) is 21.6 Å². The van der Waals surface area contributed by atoms with E-state index in [1.54, 1.807) is 11.3 Å². The van der Waals surface area contributed by atoms with E-state index in [0.29, 0.717) is 0 Å². The van der Waals surface area contributed by atoms with Gasteiger partial charge in [0.1, 0.15) is 0 Å². The molecule has 0 aliphatic carbocycles. The van der Waals surface area contributed by atoms with E-state index in [0.717, 1.165) is 26.0 Å². The standard InChI is InChI=1S/C15H18N2OS.ClH/c1-16-8-14-12-4-2-5-13(15-9-17-10-19-15)11(12)6-3-7-18-14;/h2,4-5,9-10,14,16H,3,6-8H2,1H3;1H. The van der Waals surface area contributed by atoms with Gasteiger partial charge in [-0.3, -0.25) is 4.98 Å². The van der Waals surface area contributed by atoms with Crippen molar-refractivity contribution in [3.05, 3.63) is 41.0 Å². The average molecular weight is 311 g/mol. The monoisotopic (exact) mass is 310 g/mol. The summed E-state index contributed by atoms with van der Waals surface area (Å²) in [6.45, 7) is 1.70. The number of ether oxygens (including phenoxy) is 1. The molecule has 1 unspecified atom stereocenters. The number of halogens is 1. The Hall–Kier alpha value is -0.940. The molecule has 108 valence electrons. The Morgan fingerprint density at radius 3 is 3.10 bits per heavy atom. The van der Waals surface area contributed by atoms with Crippen LogP contribution in [0.25, 0.3) is 10.4 Å². The smallest absolute Gasteiger partial charge is 0.0951 e. The Labute approximate surface area is 129 Å². The number of hydrogen-bond donors (Lipinski definition) is 1. The van der Waals surface area contributed by atoms with Crippen LogP contribution in [0.15, 0.2) is 29.9 Å². The van der Waals surface area contributed by atoms with E-state index in [9.17, 15) is 0 Å². The van der Waals surface area contributed by atoms with E-state index in [2.05, 4.69) is 28.5 Å². The fraction of sp³-hybridized carbons (Fsp3) is 0.400. The third-order valence-electron chi connectivity index (χ3n) is 3.54. The zero-order valence-corrected chi connectivity index (χ0v) is 13.1. The van der Waals surface area contributed by atoms with Gasteiger partial charge in [0.05, 0.1) is 16.5 Å². The zero-order chi connectivity index (χ0) is 13.1. The first-order chi connectivity index (χ1) is 9.40. The van der Waals surface area contributed by atoms with E-state index in [1.807, 2.05) is 18.8 Å². The minimum absolute atomic E-state index is 0. The summed E-state index contributed by atoms with van der Waals surface area (Å²) < 4.78 is 5.97. The van der Waals surface area contributed by atoms with Gasteiger partial charge in [-0.15, -0.1) is 23.7 Å². The van der Waals surface area contributed by atoms with Crippen molar-refractivity contribution in [2.45, 2.75) is 18.9 Å². The SMILES string of the molecule is CNCC1OCCCc2c(-c3cncs3)cccc21.Cl. The summed E-state index contributed by atoms with van der Waals surface area (Å²) in [7, 11) is 1.97. The van der Waals surface area contributed by atoms with Crippen molar-refractivity contribution in [3.8, 4) is 10.4 Å². The van der Waals surface area contributed by atoms with Crippen LogP contribution >= 0.6 is 23.7 Å². The molecule has 1 atom stereocenters. The highest BCUT2D eigenvalue weighted by Gasteiger charge is 2.21. The normalized spacial score (nSPS) is 17.9. The predicted octanol–water partition coefficient (Wildman–Crippen LogP) is 3.46. The van der Waals surface area contributed by atoms with Gasteiger partial charge in [0.2, 0.25) is 0 Å². The van der Waals surface area contributed by atoms with Crippen LogP contribution < -0.4 is 5.32 Å². The van der Waals surface area contributed by atoms with Gasteiger partial charge in [0.25, 0.3) is 0 Å². The van der Waals surface area contributed by atoms with Crippen LogP contribution in [0.2, 0.25) is 0 Å². The number of nitrogens with zero attached hydrogens (tertiary/aromatic N) is 1. The lowest BCUT2D eigenvalue weighted by atomic mass is 9.94. The van der Waals surface area contributed by atoms with Gasteiger partial charge in [-0.05, 0) is 36.6 Å². The number of hydrogen-bond acceptors (Lipinski definition) is 4. The summed E-state index contributed by atoms with van der Waals surface area (Å²) in [5, 5.41) is 3.23. The van der Waals surface area contributed by atoms with Gasteiger partial charge in [0.15, 0.2) is 0 Å². The van der Waals surface area contributed by atoms with Gasteiger partial charge in [-0.1, -0.05) is 18.2 Å². The van der Waals surface area contributed by atoms with Gasteiger partial charge in [-0.25, -0.2) is 0 Å². The van der Waals surface area contributed by atoms with Crippen molar-refractivity contribution < 1.29 is 4.74 Å². The molecule has 0 saturated heterocycles. The molecule has 0 bridgehead atoms. The lowest BCUT2D eigenvalue weighted by Crippen LogP contribution is -2.19. The Balaban J connectivity index is 0.00000147. The van der Waals surface area contributed by atoms with Crippen LogP contribution in [0.4, 0.5) is 0 Å². The maximum absolute atomic E-state index is 5.97. The molecule has 1 aliphatic heterocycles. The molecule has 2 heterocycles. The highest BCUT2D eigenvalue weighted by molar-refractivity contribution is 7.13. The van der Waals surface area contributed by atoms with Crippen LogP contribution in [0.1, 0.15) is 23.7 Å². The molecule has 3 nitrogen and oxygen atoms in total. The molecule has 2 aromatic rings. The summed E-state index contributed by atoms with van der Waals surface area (Å²) >= 11 is 1.70. The molecule has 0 fully saturated rings. The van der Waals surface area contributed by atoms with E-state index >= 15 is 0 Å². The molecular formula is C15H19ClN2OS. The summed E-state index contributed by atoms with van der Waals surface area (Å²) in [6.07, 6.45) is 4.29. The number of likely N-dealkylation sites (N-methyl/N-ethyl adjacent to an activating group) is 1. The second kappa shape index (κ2) is 7.18. The van der Waals surface area contributed by atoms with Crippen LogP contribution in [0.5, 0.6) is 0 Å². The van der Waals surface area contributed by atoms with Gasteiger partial charge in [-0.2, -0.15) is 0 Å². The van der Waals surface area contributed by atoms with Crippen molar-refractivity contribution in [2.75, 3.05) is 20.2 Å². The first-order valence-corrected chi connectivity index (χ1v) is 7.55. The fourth-order valence-electron chi connectivity index (χ4n) is 2.68. The molecule has 1 aliphatic rings. The maximum atomic E-state index is 5.97. The fourth-order valence-corrected chi connectivity index (χ4v) is 3.36. The number of fused-ring (bicyclic) bond motifs is 1. The topological polar surface area (TPSA) is 34.1 Å². The van der Waals surface area contributed by atoms with Crippen molar-refractivity contribution in [3.63, 3.8) is 0 Å². The highest BCUT2D eigenvalue weighted by Crippen LogP contribution is 2.35. The third-order valence-corrected chi connectivity index (χ3v) is 4.34. The Kier molecular flexibility index (Phi) is 5.54. The highest BCUT2D eigenvalue weighted by atomic mass is 35.5. The molecule has 1 aromatic heterocycles. The summed E-state index contributed by atoms with van der Waals surface area (Å²) in [5.41, 5.74) is 5.99. The van der Waals surface area contributed by atoms with Gasteiger partial charge < -0.3 is 10.1 Å². The Morgan fingerprint density at radius 1 is 1.45 bits per heavy atom. The Morgan fingerprint density at radius 2 is 2.35 bits per heavy atom. The largest absolute Gasteiger partial charge is 0.372 e. The number of aromatic nitrogens is 1. The molecule has 0 spiro atoms. The van der Waals surface area contributed by atoms with E-state index < -0.39 is 0 Å². The first-order valence-electron chi connectivity index (χ1n) is 6.67. The number of benzene rings is 1. The van der Waals surface area contributed by atoms with Crippen molar-refractivity contribution in [1.82, 2.24) is 10.3 Å². The van der Waals surface area contributed by atoms with E-state index in [4.69, 9.17) is 4.74 Å². The number of nitrogens with one attached hydrogen (secondary N) is 1. The molecule has 0 radical (unpaired) electrons. The lowest BCUT2D eigenvalue weighted by molar-refractivity contribution is 0.0579. The molecule has 1 aromatic carbocycles. The third kappa shape index (κ3) is 3.04. The van der Waals surface area contributed by atoms with Gasteiger partial charge >= 0.3 is 0 Å². The van der Waals surface area contributed by atoms with Crippen molar-refractivity contribution >= 4 is 23.7 Å². The maximum Gasteiger partial charge on any atom is 0.0951 e.